The van der Waals surface area contributed by atoms with E-state index in [1.807, 2.05) is 54.3 Å². The van der Waals surface area contributed by atoms with Gasteiger partial charge in [-0.05, 0) is 35.9 Å². The Morgan fingerprint density at radius 3 is 2.41 bits per heavy atom. The lowest BCUT2D eigenvalue weighted by Gasteiger charge is -2.27. The molecule has 2 aromatic carbocycles. The number of hydrogen-bond donors (Lipinski definition) is 0. The van der Waals surface area contributed by atoms with Gasteiger partial charge in [-0.15, -0.1) is 0 Å². The van der Waals surface area contributed by atoms with E-state index < -0.39 is 18.1 Å². The lowest BCUT2D eigenvalue weighted by Crippen LogP contribution is -2.53. The molecular formula is C21H22N5O3+. The van der Waals surface area contributed by atoms with Gasteiger partial charge in [0.1, 0.15) is 0 Å². The number of nitrogens with zero attached hydrogens (tertiary/aromatic N) is 5. The van der Waals surface area contributed by atoms with Crippen LogP contribution in [0.25, 0.3) is 0 Å². The molecule has 0 aliphatic carbocycles. The van der Waals surface area contributed by atoms with Gasteiger partial charge in [-0.3, -0.25) is 14.5 Å². The first-order chi connectivity index (χ1) is 14.0. The van der Waals surface area contributed by atoms with Gasteiger partial charge in [0.2, 0.25) is 0 Å². The van der Waals surface area contributed by atoms with Gasteiger partial charge in [0.25, 0.3) is 18.7 Å². The number of amides is 3. The van der Waals surface area contributed by atoms with Crippen molar-refractivity contribution < 1.29 is 19.1 Å². The Labute approximate surface area is 168 Å². The van der Waals surface area contributed by atoms with E-state index in [0.717, 1.165) is 15.9 Å². The molecule has 1 unspecified atom stereocenters. The van der Waals surface area contributed by atoms with E-state index in [1.54, 1.807) is 19.2 Å². The van der Waals surface area contributed by atoms with Crippen LogP contribution in [0.15, 0.2) is 59.7 Å². The molecule has 1 saturated heterocycles. The maximum atomic E-state index is 12.7. The van der Waals surface area contributed by atoms with Crippen LogP contribution in [0.3, 0.4) is 0 Å². The van der Waals surface area contributed by atoms with Gasteiger partial charge in [-0.2, -0.15) is 0 Å². The first-order valence-electron chi connectivity index (χ1n) is 9.44. The van der Waals surface area contributed by atoms with Crippen LogP contribution in [0.2, 0.25) is 0 Å². The Bertz CT molecular complexity index is 987. The van der Waals surface area contributed by atoms with E-state index >= 15 is 0 Å². The second-order valence-electron chi connectivity index (χ2n) is 7.14. The van der Waals surface area contributed by atoms with Crippen LogP contribution < -0.4 is 9.80 Å². The normalized spacial score (nSPS) is 18.6. The monoisotopic (exact) mass is 392 g/mol. The van der Waals surface area contributed by atoms with Crippen molar-refractivity contribution in [3.8, 4) is 0 Å². The van der Waals surface area contributed by atoms with Crippen molar-refractivity contribution >= 4 is 29.1 Å². The Hall–Kier alpha value is -3.55. The van der Waals surface area contributed by atoms with E-state index in [0.29, 0.717) is 18.8 Å². The van der Waals surface area contributed by atoms with Crippen LogP contribution in [0.1, 0.15) is 5.56 Å². The minimum absolute atomic E-state index is 0.290. The smallest absolute Gasteiger partial charge is 0.326 e. The highest BCUT2D eigenvalue weighted by Crippen LogP contribution is 2.27. The number of hydrogen-bond acceptors (Lipinski definition) is 5. The van der Waals surface area contributed by atoms with Crippen LogP contribution in [0, 0.1) is 6.92 Å². The van der Waals surface area contributed by atoms with Gasteiger partial charge >= 0.3 is 11.8 Å². The Morgan fingerprint density at radius 2 is 1.72 bits per heavy atom. The molecule has 0 spiro atoms. The summed E-state index contributed by atoms with van der Waals surface area (Å²) >= 11 is 0. The molecular weight excluding hydrogens is 370 g/mol. The fourth-order valence-electron chi connectivity index (χ4n) is 3.50. The van der Waals surface area contributed by atoms with Crippen LogP contribution in [0.4, 0.5) is 11.4 Å². The van der Waals surface area contributed by atoms with Crippen molar-refractivity contribution in [2.75, 3.05) is 36.5 Å². The summed E-state index contributed by atoms with van der Waals surface area (Å²) in [6.45, 7) is 2.70. The van der Waals surface area contributed by atoms with Crippen molar-refractivity contribution in [1.29, 1.82) is 0 Å². The van der Waals surface area contributed by atoms with E-state index in [2.05, 4.69) is 5.11 Å². The zero-order valence-electron chi connectivity index (χ0n) is 16.4. The van der Waals surface area contributed by atoms with E-state index in [4.69, 9.17) is 0 Å². The van der Waals surface area contributed by atoms with Gasteiger partial charge < -0.3 is 9.80 Å². The standard InChI is InChI=1S/C21H22N5O3/c1-15-8-10-17(11-9-15)24-12-13-25-19(28)20(29)26(22-21(24)25)14-18(27)23(2)16-6-4-3-5-7-16/h3-11,21H,12-14H2,1-2H3/q+1. The Morgan fingerprint density at radius 1 is 1.07 bits per heavy atom. The molecule has 3 amide bonds. The van der Waals surface area contributed by atoms with Crippen LogP contribution in [0.5, 0.6) is 0 Å². The SMILES string of the molecule is Cc1ccc(N2CCN3C(=O)C(=O)[N+](CC(=O)N(C)c4ccccc4)=NC32)cc1. The van der Waals surface area contributed by atoms with Crippen molar-refractivity contribution in [2.24, 2.45) is 5.11 Å². The minimum atomic E-state index is -0.776. The molecule has 0 saturated carbocycles. The third-order valence-electron chi connectivity index (χ3n) is 5.23. The molecule has 2 aromatic rings. The first-order valence-corrected chi connectivity index (χ1v) is 9.44. The Kier molecular flexibility index (Phi) is 4.84. The minimum Gasteiger partial charge on any atom is -0.326 e. The van der Waals surface area contributed by atoms with Gasteiger partial charge in [-0.25, -0.2) is 4.79 Å². The summed E-state index contributed by atoms with van der Waals surface area (Å²) in [6.07, 6.45) is -0.627. The number of fused-ring (bicyclic) bond motifs is 1. The zero-order valence-corrected chi connectivity index (χ0v) is 16.4. The summed E-state index contributed by atoms with van der Waals surface area (Å²) < 4.78 is 0.998. The second kappa shape index (κ2) is 7.46. The van der Waals surface area contributed by atoms with Crippen molar-refractivity contribution in [3.63, 3.8) is 0 Å². The van der Waals surface area contributed by atoms with Crippen LogP contribution in [-0.4, -0.2) is 60.3 Å². The summed E-state index contributed by atoms with van der Waals surface area (Å²) in [4.78, 5) is 42.6. The number of azo groups is 2. The summed E-state index contributed by atoms with van der Waals surface area (Å²) in [6, 6.07) is 17.0. The van der Waals surface area contributed by atoms with E-state index in [-0.39, 0.29) is 12.5 Å². The molecule has 0 bridgehead atoms. The average Bonchev–Trinajstić information content (AvgIpc) is 3.16. The molecule has 1 fully saturated rings. The largest absolute Gasteiger partial charge is 0.502 e. The highest BCUT2D eigenvalue weighted by molar-refractivity contribution is 6.32. The van der Waals surface area contributed by atoms with E-state index in [1.165, 1.54) is 9.80 Å². The topological polar surface area (TPSA) is 76.3 Å². The van der Waals surface area contributed by atoms with Gasteiger partial charge in [-0.1, -0.05) is 35.9 Å². The molecule has 0 aromatic heterocycles. The maximum Gasteiger partial charge on any atom is 0.502 e. The molecule has 148 valence electrons. The molecule has 29 heavy (non-hydrogen) atoms. The molecule has 8 nitrogen and oxygen atoms in total. The molecule has 2 aliphatic rings. The molecule has 0 radical (unpaired) electrons. The van der Waals surface area contributed by atoms with Crippen molar-refractivity contribution in [3.05, 3.63) is 60.2 Å². The predicted molar refractivity (Wildman–Crippen MR) is 106 cm³/mol. The fourth-order valence-corrected chi connectivity index (χ4v) is 3.50. The quantitative estimate of drug-likeness (QED) is 0.585. The molecule has 4 rings (SSSR count). The lowest BCUT2D eigenvalue weighted by atomic mass is 10.2. The summed E-state index contributed by atoms with van der Waals surface area (Å²) in [5, 5.41) is 4.44. The second-order valence-corrected chi connectivity index (χ2v) is 7.14. The molecule has 2 aliphatic heterocycles. The number of carbonyl (C=O) groups is 3. The highest BCUT2D eigenvalue weighted by atomic mass is 16.2. The highest BCUT2D eigenvalue weighted by Gasteiger charge is 2.49. The average molecular weight is 392 g/mol. The number of para-hydroxylation sites is 1. The number of likely N-dealkylation sites (N-methyl/N-ethyl adjacent to an activating group) is 1. The van der Waals surface area contributed by atoms with Gasteiger partial charge in [0, 0.05) is 36.6 Å². The molecule has 2 heterocycles. The third kappa shape index (κ3) is 3.49. The number of benzene rings is 2. The fraction of sp³-hybridized carbons (Fsp3) is 0.286. The van der Waals surface area contributed by atoms with Crippen LogP contribution in [-0.2, 0) is 14.4 Å². The zero-order chi connectivity index (χ0) is 20.5. The maximum absolute atomic E-state index is 12.7. The predicted octanol–water partition coefficient (Wildman–Crippen LogP) is 1.60. The number of carbonyl (C=O) groups excluding carboxylic acids is 3. The summed E-state index contributed by atoms with van der Waals surface area (Å²) in [5.41, 5.74) is 2.76. The summed E-state index contributed by atoms with van der Waals surface area (Å²) in [7, 11) is 1.63. The van der Waals surface area contributed by atoms with Crippen molar-refractivity contribution in [2.45, 2.75) is 13.2 Å². The third-order valence-corrected chi connectivity index (χ3v) is 5.23. The lowest BCUT2D eigenvalue weighted by molar-refractivity contribution is -0.509. The number of anilines is 2. The van der Waals surface area contributed by atoms with E-state index in [9.17, 15) is 14.4 Å². The molecule has 1 atom stereocenters. The molecule has 8 heteroatoms. The Balaban J connectivity index is 1.58. The summed E-state index contributed by atoms with van der Waals surface area (Å²) in [5.74, 6) is -1.73. The number of aryl methyl sites for hydroxylation is 1. The van der Waals surface area contributed by atoms with Crippen LogP contribution >= 0.6 is 0 Å². The van der Waals surface area contributed by atoms with Gasteiger partial charge in [0.15, 0.2) is 0 Å². The first kappa shape index (κ1) is 18.8. The van der Waals surface area contributed by atoms with Gasteiger partial charge in [0.05, 0.1) is 0 Å². The molecule has 0 N–H and O–H groups in total. The number of rotatable bonds is 4. The van der Waals surface area contributed by atoms with Crippen molar-refractivity contribution in [1.82, 2.24) is 4.90 Å².